The van der Waals surface area contributed by atoms with Crippen LogP contribution in [0.1, 0.15) is 49.9 Å². The summed E-state index contributed by atoms with van der Waals surface area (Å²) >= 11 is 0. The molecule has 0 aromatic heterocycles. The van der Waals surface area contributed by atoms with Gasteiger partial charge in [-0.05, 0) is 49.2 Å². The quantitative estimate of drug-likeness (QED) is 0.784. The van der Waals surface area contributed by atoms with E-state index >= 15 is 0 Å². The van der Waals surface area contributed by atoms with E-state index < -0.39 is 0 Å². The second kappa shape index (κ2) is 6.74. The largest absolute Gasteiger partial charge is 0.507 e. The zero-order valence-electron chi connectivity index (χ0n) is 14.2. The van der Waals surface area contributed by atoms with Gasteiger partial charge in [-0.25, -0.2) is 0 Å². The molecule has 0 aliphatic heterocycles. The van der Waals surface area contributed by atoms with E-state index in [-0.39, 0.29) is 16.9 Å². The van der Waals surface area contributed by atoms with E-state index in [0.717, 1.165) is 22.3 Å². The number of allylic oxidation sites excluding steroid dienone is 2. The van der Waals surface area contributed by atoms with Crippen LogP contribution in [0.25, 0.3) is 12.2 Å². The first kappa shape index (κ1) is 16.9. The van der Waals surface area contributed by atoms with Crippen molar-refractivity contribution in [3.63, 3.8) is 0 Å². The standard InChI is InChI=1S/C21H24O2/c1-5-7-15-13-17(9-11-19(15)22)21(3,4)18-10-12-20(23)16(14-18)8-6-2/h5-14,22-23H,1-4H3. The normalized spacial score (nSPS) is 12.3. The van der Waals surface area contributed by atoms with Crippen molar-refractivity contribution < 1.29 is 10.2 Å². The molecule has 0 radical (unpaired) electrons. The summed E-state index contributed by atoms with van der Waals surface area (Å²) in [6.07, 6.45) is 7.63. The highest BCUT2D eigenvalue weighted by Gasteiger charge is 2.24. The zero-order chi connectivity index (χ0) is 17.0. The van der Waals surface area contributed by atoms with Gasteiger partial charge >= 0.3 is 0 Å². The Morgan fingerprint density at radius 1 is 0.739 bits per heavy atom. The van der Waals surface area contributed by atoms with Crippen LogP contribution in [0.2, 0.25) is 0 Å². The minimum atomic E-state index is -0.242. The van der Waals surface area contributed by atoms with Gasteiger partial charge in [0.2, 0.25) is 0 Å². The van der Waals surface area contributed by atoms with Gasteiger partial charge in [-0.1, -0.05) is 50.3 Å². The van der Waals surface area contributed by atoms with E-state index in [4.69, 9.17) is 0 Å². The predicted molar refractivity (Wildman–Crippen MR) is 97.8 cm³/mol. The summed E-state index contributed by atoms with van der Waals surface area (Å²) in [5.74, 6) is 0.561. The summed E-state index contributed by atoms with van der Waals surface area (Å²) in [6.45, 7) is 8.15. The molecule has 2 rings (SSSR count). The van der Waals surface area contributed by atoms with Crippen molar-refractivity contribution >= 4 is 12.2 Å². The van der Waals surface area contributed by atoms with Gasteiger partial charge in [0, 0.05) is 16.5 Å². The lowest BCUT2D eigenvalue weighted by Crippen LogP contribution is -2.19. The highest BCUT2D eigenvalue weighted by molar-refractivity contribution is 5.61. The van der Waals surface area contributed by atoms with Gasteiger partial charge < -0.3 is 10.2 Å². The molecule has 2 N–H and O–H groups in total. The number of phenolic OH excluding ortho intramolecular Hbond substituents is 2. The van der Waals surface area contributed by atoms with Crippen LogP contribution in [0.5, 0.6) is 11.5 Å². The number of aromatic hydroxyl groups is 2. The van der Waals surface area contributed by atoms with E-state index in [1.54, 1.807) is 12.1 Å². The average Bonchev–Trinajstić information content (AvgIpc) is 2.51. The van der Waals surface area contributed by atoms with E-state index in [1.165, 1.54) is 0 Å². The zero-order valence-corrected chi connectivity index (χ0v) is 14.2. The minimum absolute atomic E-state index is 0.242. The summed E-state index contributed by atoms with van der Waals surface area (Å²) in [5.41, 5.74) is 3.60. The number of phenols is 2. The van der Waals surface area contributed by atoms with Crippen LogP contribution in [0.3, 0.4) is 0 Å². The molecular formula is C21H24O2. The fourth-order valence-electron chi connectivity index (χ4n) is 2.68. The molecule has 0 aliphatic carbocycles. The number of rotatable bonds is 4. The van der Waals surface area contributed by atoms with Gasteiger partial charge in [-0.15, -0.1) is 0 Å². The van der Waals surface area contributed by atoms with Crippen molar-refractivity contribution in [3.05, 3.63) is 70.8 Å². The van der Waals surface area contributed by atoms with Crippen LogP contribution >= 0.6 is 0 Å². The molecule has 0 saturated heterocycles. The van der Waals surface area contributed by atoms with Crippen LogP contribution < -0.4 is 0 Å². The van der Waals surface area contributed by atoms with E-state index in [1.807, 2.05) is 62.4 Å². The summed E-state index contributed by atoms with van der Waals surface area (Å²) < 4.78 is 0. The molecule has 23 heavy (non-hydrogen) atoms. The first-order valence-electron chi connectivity index (χ1n) is 7.82. The molecule has 0 amide bonds. The fourth-order valence-corrected chi connectivity index (χ4v) is 2.68. The molecule has 0 unspecified atom stereocenters. The molecule has 2 aromatic carbocycles. The molecule has 2 heteroatoms. The molecule has 0 fully saturated rings. The van der Waals surface area contributed by atoms with Gasteiger partial charge in [-0.2, -0.15) is 0 Å². The summed E-state index contributed by atoms with van der Waals surface area (Å²) in [4.78, 5) is 0. The Balaban J connectivity index is 2.53. The average molecular weight is 308 g/mol. The maximum atomic E-state index is 9.96. The van der Waals surface area contributed by atoms with Crippen LogP contribution in [0, 0.1) is 0 Å². The highest BCUT2D eigenvalue weighted by atomic mass is 16.3. The molecule has 2 aromatic rings. The van der Waals surface area contributed by atoms with E-state index in [9.17, 15) is 10.2 Å². The third-order valence-corrected chi connectivity index (χ3v) is 4.19. The van der Waals surface area contributed by atoms with E-state index in [2.05, 4.69) is 13.8 Å². The molecule has 120 valence electrons. The Hall–Kier alpha value is -2.48. The van der Waals surface area contributed by atoms with Crippen molar-refractivity contribution in [2.45, 2.75) is 33.1 Å². The van der Waals surface area contributed by atoms with Crippen LogP contribution in [-0.2, 0) is 5.41 Å². The second-order valence-electron chi connectivity index (χ2n) is 6.17. The molecule has 0 atom stereocenters. The predicted octanol–water partition coefficient (Wildman–Crippen LogP) is 5.49. The first-order valence-corrected chi connectivity index (χ1v) is 7.82. The Labute approximate surface area is 138 Å². The third kappa shape index (κ3) is 3.48. The van der Waals surface area contributed by atoms with Crippen LogP contribution in [-0.4, -0.2) is 10.2 Å². The maximum Gasteiger partial charge on any atom is 0.122 e. The maximum absolute atomic E-state index is 9.96. The Bertz CT molecular complexity index is 689. The number of benzene rings is 2. The molecule has 0 bridgehead atoms. The van der Waals surface area contributed by atoms with Crippen LogP contribution in [0.4, 0.5) is 0 Å². The van der Waals surface area contributed by atoms with Gasteiger partial charge in [-0.3, -0.25) is 0 Å². The lowest BCUT2D eigenvalue weighted by molar-refractivity contribution is 0.472. The molecule has 0 spiro atoms. The third-order valence-electron chi connectivity index (χ3n) is 4.19. The summed E-state index contributed by atoms with van der Waals surface area (Å²) in [5, 5.41) is 19.9. The number of hydrogen-bond acceptors (Lipinski definition) is 2. The molecule has 0 saturated carbocycles. The van der Waals surface area contributed by atoms with Crippen molar-refractivity contribution in [3.8, 4) is 11.5 Å². The van der Waals surface area contributed by atoms with Gasteiger partial charge in [0.1, 0.15) is 11.5 Å². The highest BCUT2D eigenvalue weighted by Crippen LogP contribution is 2.36. The molecule has 2 nitrogen and oxygen atoms in total. The fraction of sp³-hybridized carbons (Fsp3) is 0.238. The molecule has 0 heterocycles. The van der Waals surface area contributed by atoms with Gasteiger partial charge in [0.25, 0.3) is 0 Å². The smallest absolute Gasteiger partial charge is 0.122 e. The van der Waals surface area contributed by atoms with Gasteiger partial charge in [0.15, 0.2) is 0 Å². The lowest BCUT2D eigenvalue weighted by Gasteiger charge is -2.27. The van der Waals surface area contributed by atoms with Crippen LogP contribution in [0.15, 0.2) is 48.6 Å². The SMILES string of the molecule is CC=Cc1cc(C(C)(C)c2ccc(O)c(C=CC)c2)ccc1O. The Kier molecular flexibility index (Phi) is 4.95. The summed E-state index contributed by atoms with van der Waals surface area (Å²) in [7, 11) is 0. The van der Waals surface area contributed by atoms with Gasteiger partial charge in [0.05, 0.1) is 0 Å². The monoisotopic (exact) mass is 308 g/mol. The van der Waals surface area contributed by atoms with Crippen molar-refractivity contribution in [1.82, 2.24) is 0 Å². The van der Waals surface area contributed by atoms with Crippen molar-refractivity contribution in [2.75, 3.05) is 0 Å². The Morgan fingerprint density at radius 3 is 1.48 bits per heavy atom. The minimum Gasteiger partial charge on any atom is -0.507 e. The van der Waals surface area contributed by atoms with Crippen molar-refractivity contribution in [2.24, 2.45) is 0 Å². The van der Waals surface area contributed by atoms with E-state index in [0.29, 0.717) is 0 Å². The molecular weight excluding hydrogens is 284 g/mol. The molecule has 0 aliphatic rings. The Morgan fingerprint density at radius 2 is 1.13 bits per heavy atom. The number of hydrogen-bond donors (Lipinski definition) is 2. The lowest BCUT2D eigenvalue weighted by atomic mass is 9.77. The summed E-state index contributed by atoms with van der Waals surface area (Å²) in [6, 6.07) is 11.4. The second-order valence-corrected chi connectivity index (χ2v) is 6.17. The first-order chi connectivity index (χ1) is 10.9. The topological polar surface area (TPSA) is 40.5 Å². The van der Waals surface area contributed by atoms with Crippen molar-refractivity contribution in [1.29, 1.82) is 0 Å².